The maximum absolute atomic E-state index is 13.3. The van der Waals surface area contributed by atoms with Crippen molar-refractivity contribution in [2.24, 2.45) is 0 Å². The van der Waals surface area contributed by atoms with Gasteiger partial charge in [0.15, 0.2) is 11.6 Å². The lowest BCUT2D eigenvalue weighted by Gasteiger charge is -2.08. The van der Waals surface area contributed by atoms with E-state index in [1.165, 1.54) is 13.2 Å². The van der Waals surface area contributed by atoms with Gasteiger partial charge in [-0.05, 0) is 62.2 Å². The molecule has 2 aromatic carbocycles. The van der Waals surface area contributed by atoms with E-state index in [1.54, 1.807) is 28.9 Å². The number of carbonyl (C=O) groups is 2. The number of nitrogens with zero attached hydrogens (tertiary/aromatic N) is 2. The van der Waals surface area contributed by atoms with Crippen molar-refractivity contribution < 1.29 is 23.1 Å². The van der Waals surface area contributed by atoms with Gasteiger partial charge in [-0.3, -0.25) is 9.59 Å². The van der Waals surface area contributed by atoms with E-state index < -0.39 is 17.5 Å². The van der Waals surface area contributed by atoms with Gasteiger partial charge >= 0.3 is 5.97 Å². The van der Waals surface area contributed by atoms with Gasteiger partial charge in [-0.25, -0.2) is 13.5 Å². The second-order valence-corrected chi connectivity index (χ2v) is 6.77. The van der Waals surface area contributed by atoms with Crippen LogP contribution < -0.4 is 5.32 Å². The third-order valence-electron chi connectivity index (χ3n) is 4.80. The quantitative estimate of drug-likeness (QED) is 0.617. The third kappa shape index (κ3) is 4.53. The molecule has 0 spiro atoms. The number of ether oxygens (including phenoxy) is 1. The summed E-state index contributed by atoms with van der Waals surface area (Å²) in [6.45, 7) is 3.79. The molecule has 0 radical (unpaired) electrons. The summed E-state index contributed by atoms with van der Waals surface area (Å²) in [4.78, 5) is 23.8. The molecule has 3 rings (SSSR count). The Morgan fingerprint density at radius 2 is 1.77 bits per heavy atom. The van der Waals surface area contributed by atoms with Crippen LogP contribution in [0.15, 0.2) is 42.5 Å². The van der Waals surface area contributed by atoms with Crippen LogP contribution in [0.2, 0.25) is 0 Å². The monoisotopic (exact) mass is 413 g/mol. The standard InChI is InChI=1S/C22H21F2N3O3/c1-13-18(9-11-21(28)30-3)14(2)27(26-13)17-7-4-15(5-8-17)22(29)25-16-6-10-19(23)20(24)12-16/h4-8,10,12H,9,11H2,1-3H3,(H,25,29). The number of rotatable bonds is 6. The first kappa shape index (κ1) is 21.2. The van der Waals surface area contributed by atoms with Crippen molar-refractivity contribution in [2.75, 3.05) is 12.4 Å². The Morgan fingerprint density at radius 3 is 2.40 bits per heavy atom. The Bertz CT molecular complexity index is 1090. The van der Waals surface area contributed by atoms with Crippen molar-refractivity contribution >= 4 is 17.6 Å². The molecule has 0 saturated carbocycles. The number of nitrogens with one attached hydrogen (secondary N) is 1. The summed E-state index contributed by atoms with van der Waals surface area (Å²) < 4.78 is 32.8. The molecule has 0 unspecified atom stereocenters. The number of amides is 1. The number of benzene rings is 2. The lowest BCUT2D eigenvalue weighted by Crippen LogP contribution is -2.12. The van der Waals surface area contributed by atoms with Gasteiger partial charge in [0, 0.05) is 29.4 Å². The van der Waals surface area contributed by atoms with Gasteiger partial charge < -0.3 is 10.1 Å². The average Bonchev–Trinajstić information content (AvgIpc) is 3.02. The fourth-order valence-corrected chi connectivity index (χ4v) is 3.15. The molecule has 156 valence electrons. The molecule has 1 aromatic heterocycles. The minimum Gasteiger partial charge on any atom is -0.469 e. The summed E-state index contributed by atoms with van der Waals surface area (Å²) in [6.07, 6.45) is 0.798. The second-order valence-electron chi connectivity index (χ2n) is 6.77. The molecule has 30 heavy (non-hydrogen) atoms. The van der Waals surface area contributed by atoms with Crippen molar-refractivity contribution in [3.63, 3.8) is 0 Å². The summed E-state index contributed by atoms with van der Waals surface area (Å²) in [5.41, 5.74) is 3.96. The number of hydrogen-bond donors (Lipinski definition) is 1. The van der Waals surface area contributed by atoms with E-state index in [1.807, 2.05) is 13.8 Å². The highest BCUT2D eigenvalue weighted by atomic mass is 19.2. The molecule has 0 fully saturated rings. The molecule has 1 amide bonds. The van der Waals surface area contributed by atoms with Gasteiger partial charge in [-0.15, -0.1) is 0 Å². The van der Waals surface area contributed by atoms with Crippen LogP contribution in [0, 0.1) is 25.5 Å². The second kappa shape index (κ2) is 8.86. The zero-order valence-electron chi connectivity index (χ0n) is 16.8. The highest BCUT2D eigenvalue weighted by Gasteiger charge is 2.15. The van der Waals surface area contributed by atoms with Crippen LogP contribution in [0.1, 0.15) is 33.7 Å². The fraction of sp³-hybridized carbons (Fsp3) is 0.227. The molecule has 0 aliphatic heterocycles. The summed E-state index contributed by atoms with van der Waals surface area (Å²) in [5.74, 6) is -2.73. The first-order valence-electron chi connectivity index (χ1n) is 9.29. The Balaban J connectivity index is 1.76. The summed E-state index contributed by atoms with van der Waals surface area (Å²) in [5, 5.41) is 7.06. The number of halogens is 2. The minimum atomic E-state index is -1.03. The molecule has 0 aliphatic carbocycles. The van der Waals surface area contributed by atoms with Gasteiger partial charge in [0.05, 0.1) is 18.5 Å². The SMILES string of the molecule is COC(=O)CCc1c(C)nn(-c2ccc(C(=O)Nc3ccc(F)c(F)c3)cc2)c1C. The van der Waals surface area contributed by atoms with Crippen molar-refractivity contribution in [1.82, 2.24) is 9.78 Å². The van der Waals surface area contributed by atoms with Gasteiger partial charge in [-0.2, -0.15) is 5.10 Å². The maximum atomic E-state index is 13.3. The van der Waals surface area contributed by atoms with Crippen molar-refractivity contribution in [2.45, 2.75) is 26.7 Å². The summed E-state index contributed by atoms with van der Waals surface area (Å²) in [6, 6.07) is 9.88. The number of hydrogen-bond acceptors (Lipinski definition) is 4. The van der Waals surface area contributed by atoms with Crippen LogP contribution in [-0.4, -0.2) is 28.8 Å². The van der Waals surface area contributed by atoms with Crippen LogP contribution in [0.3, 0.4) is 0 Å². The highest BCUT2D eigenvalue weighted by Crippen LogP contribution is 2.21. The summed E-state index contributed by atoms with van der Waals surface area (Å²) >= 11 is 0. The van der Waals surface area contributed by atoms with Crippen LogP contribution >= 0.6 is 0 Å². The molecule has 1 heterocycles. The molecule has 0 bridgehead atoms. The largest absolute Gasteiger partial charge is 0.469 e. The van der Waals surface area contributed by atoms with Gasteiger partial charge in [0.25, 0.3) is 5.91 Å². The van der Waals surface area contributed by atoms with E-state index in [0.29, 0.717) is 12.0 Å². The Labute approximate surface area is 172 Å². The Kier molecular flexibility index (Phi) is 6.25. The van der Waals surface area contributed by atoms with Gasteiger partial charge in [0.2, 0.25) is 0 Å². The van der Waals surface area contributed by atoms with Crippen LogP contribution in [0.25, 0.3) is 5.69 Å². The lowest BCUT2D eigenvalue weighted by molar-refractivity contribution is -0.140. The van der Waals surface area contributed by atoms with Crippen molar-refractivity contribution in [1.29, 1.82) is 0 Å². The Morgan fingerprint density at radius 1 is 1.07 bits per heavy atom. The van der Waals surface area contributed by atoms with E-state index in [4.69, 9.17) is 4.74 Å². The molecule has 6 nitrogen and oxygen atoms in total. The van der Waals surface area contributed by atoms with E-state index >= 15 is 0 Å². The van der Waals surface area contributed by atoms with Gasteiger partial charge in [0.1, 0.15) is 0 Å². The molecule has 0 saturated heterocycles. The summed E-state index contributed by atoms with van der Waals surface area (Å²) in [7, 11) is 1.36. The van der Waals surface area contributed by atoms with Crippen molar-refractivity contribution in [3.8, 4) is 5.69 Å². The first-order chi connectivity index (χ1) is 14.3. The number of aryl methyl sites for hydroxylation is 1. The zero-order valence-corrected chi connectivity index (χ0v) is 16.8. The third-order valence-corrected chi connectivity index (χ3v) is 4.80. The van der Waals surface area contributed by atoms with Crippen molar-refractivity contribution in [3.05, 3.63) is 76.6 Å². The van der Waals surface area contributed by atoms with Crippen LogP contribution in [0.4, 0.5) is 14.5 Å². The normalized spacial score (nSPS) is 10.7. The Hall–Kier alpha value is -3.55. The predicted octanol–water partition coefficient (Wildman–Crippen LogP) is 4.13. The first-order valence-corrected chi connectivity index (χ1v) is 9.29. The molecule has 0 aliphatic rings. The minimum absolute atomic E-state index is 0.164. The number of esters is 1. The molecule has 1 N–H and O–H groups in total. The zero-order chi connectivity index (χ0) is 21.8. The van der Waals surface area contributed by atoms with E-state index in [2.05, 4.69) is 10.4 Å². The van der Waals surface area contributed by atoms with E-state index in [9.17, 15) is 18.4 Å². The van der Waals surface area contributed by atoms with E-state index in [0.717, 1.165) is 34.8 Å². The number of methoxy groups -OCH3 is 1. The predicted molar refractivity (Wildman–Crippen MR) is 108 cm³/mol. The topological polar surface area (TPSA) is 73.2 Å². The number of aromatic nitrogens is 2. The molecule has 3 aromatic rings. The van der Waals surface area contributed by atoms with Gasteiger partial charge in [-0.1, -0.05) is 0 Å². The lowest BCUT2D eigenvalue weighted by atomic mass is 10.1. The number of anilines is 1. The highest BCUT2D eigenvalue weighted by molar-refractivity contribution is 6.04. The van der Waals surface area contributed by atoms with Crippen LogP contribution in [-0.2, 0) is 16.0 Å². The number of carbonyl (C=O) groups excluding carboxylic acids is 2. The average molecular weight is 413 g/mol. The maximum Gasteiger partial charge on any atom is 0.305 e. The molecule has 8 heteroatoms. The fourth-order valence-electron chi connectivity index (χ4n) is 3.15. The molecular weight excluding hydrogens is 392 g/mol. The van der Waals surface area contributed by atoms with Crippen LogP contribution in [0.5, 0.6) is 0 Å². The molecular formula is C22H21F2N3O3. The molecule has 0 atom stereocenters. The van der Waals surface area contributed by atoms with E-state index in [-0.39, 0.29) is 18.1 Å². The smallest absolute Gasteiger partial charge is 0.305 e.